The zero-order valence-corrected chi connectivity index (χ0v) is 16.2. The van der Waals surface area contributed by atoms with E-state index in [4.69, 9.17) is 15.9 Å². The van der Waals surface area contributed by atoms with Gasteiger partial charge in [0.2, 0.25) is 0 Å². The Morgan fingerprint density at radius 2 is 1.68 bits per heavy atom. The Morgan fingerprint density at radius 1 is 1.11 bits per heavy atom. The maximum absolute atomic E-state index is 12.2. The van der Waals surface area contributed by atoms with Crippen LogP contribution in [0.25, 0.3) is 0 Å². The summed E-state index contributed by atoms with van der Waals surface area (Å²) in [5, 5.41) is 17.5. The lowest BCUT2D eigenvalue weighted by Gasteiger charge is -2.39. The van der Waals surface area contributed by atoms with Crippen molar-refractivity contribution in [1.82, 2.24) is 4.90 Å². The second-order valence-corrected chi connectivity index (χ2v) is 7.37. The lowest BCUT2D eigenvalue weighted by molar-refractivity contribution is 0.0472. The van der Waals surface area contributed by atoms with Gasteiger partial charge in [-0.25, -0.2) is 9.59 Å². The number of carbonyl (C=O) groups excluding carboxylic acids is 1. The van der Waals surface area contributed by atoms with Crippen LogP contribution in [0.1, 0.15) is 48.3 Å². The van der Waals surface area contributed by atoms with E-state index in [0.29, 0.717) is 11.1 Å². The Bertz CT molecular complexity index is 842. The second kappa shape index (κ2) is 8.56. The maximum Gasteiger partial charge on any atom is 0.408 e. The van der Waals surface area contributed by atoms with Crippen LogP contribution in [0.15, 0.2) is 54.6 Å². The molecule has 0 fully saturated rings. The van der Waals surface area contributed by atoms with Crippen LogP contribution >= 0.6 is 0 Å². The number of hydrogen-bond acceptors (Lipinski definition) is 4. The molecule has 7 heteroatoms. The van der Waals surface area contributed by atoms with Crippen LogP contribution in [0.5, 0.6) is 0 Å². The van der Waals surface area contributed by atoms with Gasteiger partial charge in [-0.1, -0.05) is 42.5 Å². The predicted molar refractivity (Wildman–Crippen MR) is 106 cm³/mol. The number of amidine groups is 1. The van der Waals surface area contributed by atoms with Crippen molar-refractivity contribution in [3.63, 3.8) is 0 Å². The number of nitrogens with one attached hydrogen (secondary N) is 1. The van der Waals surface area contributed by atoms with Crippen molar-refractivity contribution in [2.45, 2.75) is 39.0 Å². The highest BCUT2D eigenvalue weighted by atomic mass is 16.5. The molecule has 1 unspecified atom stereocenters. The number of hydrogen-bond donors (Lipinski definition) is 3. The van der Waals surface area contributed by atoms with Gasteiger partial charge in [-0.3, -0.25) is 10.3 Å². The normalized spacial score (nSPS) is 12.1. The van der Waals surface area contributed by atoms with Gasteiger partial charge in [0.1, 0.15) is 18.5 Å². The first kappa shape index (κ1) is 21.0. The summed E-state index contributed by atoms with van der Waals surface area (Å²) in [6, 6.07) is 14.6. The van der Waals surface area contributed by atoms with Crippen molar-refractivity contribution in [3.05, 3.63) is 71.3 Å². The van der Waals surface area contributed by atoms with Gasteiger partial charge >= 0.3 is 12.1 Å². The zero-order valence-electron chi connectivity index (χ0n) is 16.2. The highest BCUT2D eigenvalue weighted by Gasteiger charge is 2.36. The molecule has 0 bridgehead atoms. The number of ether oxygens (including phenoxy) is 1. The molecule has 148 valence electrons. The summed E-state index contributed by atoms with van der Waals surface area (Å²) in [5.41, 5.74) is 6.65. The quantitative estimate of drug-likeness (QED) is 0.398. The van der Waals surface area contributed by atoms with Gasteiger partial charge in [0, 0.05) is 5.54 Å². The first-order chi connectivity index (χ1) is 13.1. The molecule has 28 heavy (non-hydrogen) atoms. The van der Waals surface area contributed by atoms with Crippen LogP contribution in [-0.4, -0.2) is 33.4 Å². The van der Waals surface area contributed by atoms with Crippen LogP contribution in [-0.2, 0) is 11.3 Å². The Labute approximate surface area is 164 Å². The molecule has 1 amide bonds. The second-order valence-electron chi connectivity index (χ2n) is 7.37. The van der Waals surface area contributed by atoms with Crippen LogP contribution in [0.3, 0.4) is 0 Å². The lowest BCUT2D eigenvalue weighted by Crippen LogP contribution is -2.50. The maximum atomic E-state index is 12.2. The molecule has 1 atom stereocenters. The summed E-state index contributed by atoms with van der Waals surface area (Å²) < 4.78 is 5.29. The molecule has 0 aromatic heterocycles. The number of nitrogens with two attached hydrogens (primary N) is 1. The van der Waals surface area contributed by atoms with E-state index in [-0.39, 0.29) is 12.4 Å². The largest absolute Gasteiger partial charge is 0.465 e. The van der Waals surface area contributed by atoms with Gasteiger partial charge in [-0.05, 0) is 44.0 Å². The average molecular weight is 383 g/mol. The van der Waals surface area contributed by atoms with Gasteiger partial charge in [-0.2, -0.15) is 0 Å². The molecule has 0 aliphatic carbocycles. The lowest BCUT2D eigenvalue weighted by atomic mass is 9.97. The molecule has 0 aliphatic heterocycles. The summed E-state index contributed by atoms with van der Waals surface area (Å²) in [6.07, 6.45) is -1.18. The third kappa shape index (κ3) is 5.09. The molecule has 0 saturated carbocycles. The molecular formula is C21H25N3O4. The van der Waals surface area contributed by atoms with Gasteiger partial charge < -0.3 is 15.6 Å². The van der Waals surface area contributed by atoms with E-state index >= 15 is 0 Å². The minimum absolute atomic E-state index is 0.161. The fourth-order valence-electron chi connectivity index (χ4n) is 2.86. The summed E-state index contributed by atoms with van der Waals surface area (Å²) in [4.78, 5) is 25.1. The van der Waals surface area contributed by atoms with Gasteiger partial charge in [-0.15, -0.1) is 0 Å². The summed E-state index contributed by atoms with van der Waals surface area (Å²) in [7, 11) is 0. The molecule has 2 aromatic rings. The average Bonchev–Trinajstić information content (AvgIpc) is 2.63. The van der Waals surface area contributed by atoms with Crippen molar-refractivity contribution in [3.8, 4) is 0 Å². The Balaban J connectivity index is 2.19. The van der Waals surface area contributed by atoms with Gasteiger partial charge in [0.15, 0.2) is 0 Å². The number of nitrogens with zero attached hydrogens (tertiary/aromatic N) is 1. The van der Waals surface area contributed by atoms with Gasteiger partial charge in [0.05, 0.1) is 5.56 Å². The molecule has 0 aliphatic rings. The van der Waals surface area contributed by atoms with E-state index < -0.39 is 23.6 Å². The molecule has 2 aromatic carbocycles. The van der Waals surface area contributed by atoms with Crippen LogP contribution in [0.2, 0.25) is 0 Å². The molecule has 4 N–H and O–H groups in total. The predicted octanol–water partition coefficient (Wildman–Crippen LogP) is 3.80. The fourth-order valence-corrected chi connectivity index (χ4v) is 2.86. The van der Waals surface area contributed by atoms with Crippen molar-refractivity contribution >= 4 is 17.9 Å². The first-order valence-electron chi connectivity index (χ1n) is 8.78. The molecule has 0 heterocycles. The summed E-state index contributed by atoms with van der Waals surface area (Å²) >= 11 is 0. The van der Waals surface area contributed by atoms with E-state index in [1.54, 1.807) is 45.0 Å². The Morgan fingerprint density at radius 3 is 2.14 bits per heavy atom. The monoisotopic (exact) mass is 383 g/mol. The fraction of sp³-hybridized carbons (Fsp3) is 0.286. The standard InChI is InChI=1S/C21H25N3O4/c1-21(2,3)24(20(26)27)17(18(22)23)15-9-11-16(12-10-15)19(25)28-13-14-7-5-4-6-8-14/h4-12,17H,13H2,1-3H3,(H3,22,23)(H,26,27). The molecule has 0 radical (unpaired) electrons. The van der Waals surface area contributed by atoms with E-state index in [1.165, 1.54) is 0 Å². The minimum Gasteiger partial charge on any atom is -0.465 e. The van der Waals surface area contributed by atoms with E-state index in [2.05, 4.69) is 0 Å². The molecule has 0 saturated heterocycles. The smallest absolute Gasteiger partial charge is 0.408 e. The van der Waals surface area contributed by atoms with Crippen LogP contribution < -0.4 is 5.73 Å². The molecular weight excluding hydrogens is 358 g/mol. The molecule has 0 spiro atoms. The highest BCUT2D eigenvalue weighted by molar-refractivity contribution is 5.90. The van der Waals surface area contributed by atoms with E-state index in [1.807, 2.05) is 30.3 Å². The number of amides is 1. The van der Waals surface area contributed by atoms with Crippen molar-refractivity contribution in [2.24, 2.45) is 5.73 Å². The summed E-state index contributed by atoms with van der Waals surface area (Å²) in [5.74, 6) is -0.780. The third-order valence-corrected chi connectivity index (χ3v) is 4.16. The number of esters is 1. The third-order valence-electron chi connectivity index (χ3n) is 4.16. The molecule has 2 rings (SSSR count). The van der Waals surface area contributed by atoms with Crippen molar-refractivity contribution in [2.75, 3.05) is 0 Å². The summed E-state index contributed by atoms with van der Waals surface area (Å²) in [6.45, 7) is 5.35. The zero-order chi connectivity index (χ0) is 20.9. The topological polar surface area (TPSA) is 117 Å². The first-order valence-corrected chi connectivity index (χ1v) is 8.78. The highest BCUT2D eigenvalue weighted by Crippen LogP contribution is 2.29. The minimum atomic E-state index is -1.18. The van der Waals surface area contributed by atoms with Crippen molar-refractivity contribution in [1.29, 1.82) is 5.41 Å². The van der Waals surface area contributed by atoms with Crippen LogP contribution in [0, 0.1) is 5.41 Å². The number of benzene rings is 2. The number of carboxylic acid groups (broad SMARTS) is 1. The SMILES string of the molecule is CC(C)(C)N(C(=O)O)C(C(=N)N)c1ccc(C(=O)OCc2ccccc2)cc1. The molecule has 7 nitrogen and oxygen atoms in total. The Hall–Kier alpha value is -3.35. The van der Waals surface area contributed by atoms with E-state index in [9.17, 15) is 14.7 Å². The Kier molecular flexibility index (Phi) is 6.41. The number of carbonyl (C=O) groups is 2. The van der Waals surface area contributed by atoms with E-state index in [0.717, 1.165) is 10.5 Å². The van der Waals surface area contributed by atoms with Crippen molar-refractivity contribution < 1.29 is 19.4 Å². The van der Waals surface area contributed by atoms with Gasteiger partial charge in [0.25, 0.3) is 0 Å². The van der Waals surface area contributed by atoms with Crippen LogP contribution in [0.4, 0.5) is 4.79 Å². The number of rotatable bonds is 6.